The fourth-order valence-electron chi connectivity index (χ4n) is 2.33. The van der Waals surface area contributed by atoms with Gasteiger partial charge in [-0.2, -0.15) is 0 Å². The minimum atomic E-state index is 0.420. The van der Waals surface area contributed by atoms with Crippen molar-refractivity contribution in [2.45, 2.75) is 38.3 Å². The lowest BCUT2D eigenvalue weighted by atomic mass is 10.1. The Bertz CT molecular complexity index is 344. The van der Waals surface area contributed by atoms with Gasteiger partial charge in [-0.1, -0.05) is 12.1 Å². The SMILES string of the molecule is COc1ccc(CC(C)NCC2CCCO2)cc1. The van der Waals surface area contributed by atoms with E-state index in [1.807, 2.05) is 12.1 Å². The van der Waals surface area contributed by atoms with Gasteiger partial charge in [0.25, 0.3) is 0 Å². The molecule has 0 aliphatic carbocycles. The molecule has 0 spiro atoms. The smallest absolute Gasteiger partial charge is 0.118 e. The predicted molar refractivity (Wildman–Crippen MR) is 73.1 cm³/mol. The summed E-state index contributed by atoms with van der Waals surface area (Å²) in [4.78, 5) is 0. The highest BCUT2D eigenvalue weighted by Gasteiger charge is 2.15. The van der Waals surface area contributed by atoms with E-state index < -0.39 is 0 Å². The highest BCUT2D eigenvalue weighted by molar-refractivity contribution is 5.27. The zero-order valence-electron chi connectivity index (χ0n) is 11.3. The van der Waals surface area contributed by atoms with Gasteiger partial charge in [0.1, 0.15) is 5.75 Å². The molecule has 18 heavy (non-hydrogen) atoms. The molecule has 1 saturated heterocycles. The molecule has 1 heterocycles. The second kappa shape index (κ2) is 6.76. The Kier molecular flexibility index (Phi) is 5.02. The number of hydrogen-bond donors (Lipinski definition) is 1. The van der Waals surface area contributed by atoms with E-state index in [-0.39, 0.29) is 0 Å². The van der Waals surface area contributed by atoms with Gasteiger partial charge in [0.2, 0.25) is 0 Å². The van der Waals surface area contributed by atoms with Gasteiger partial charge in [0.15, 0.2) is 0 Å². The van der Waals surface area contributed by atoms with Crippen LogP contribution in [0.25, 0.3) is 0 Å². The molecule has 0 amide bonds. The second-order valence-corrected chi connectivity index (χ2v) is 5.00. The first-order valence-electron chi connectivity index (χ1n) is 6.76. The maximum atomic E-state index is 5.60. The standard InChI is InChI=1S/C15H23NO2/c1-12(16-11-15-4-3-9-18-15)10-13-5-7-14(17-2)8-6-13/h5-8,12,15-16H,3-4,9-11H2,1-2H3. The molecule has 2 unspecified atom stereocenters. The van der Waals surface area contributed by atoms with Gasteiger partial charge in [-0.15, -0.1) is 0 Å². The lowest BCUT2D eigenvalue weighted by molar-refractivity contribution is 0.108. The van der Waals surface area contributed by atoms with E-state index in [0.717, 1.165) is 25.3 Å². The first-order chi connectivity index (χ1) is 8.78. The third-order valence-corrected chi connectivity index (χ3v) is 3.42. The normalized spacial score (nSPS) is 20.9. The summed E-state index contributed by atoms with van der Waals surface area (Å²) in [6, 6.07) is 8.76. The molecule has 1 aliphatic rings. The summed E-state index contributed by atoms with van der Waals surface area (Å²) in [5, 5.41) is 3.55. The van der Waals surface area contributed by atoms with Crippen molar-refractivity contribution in [1.82, 2.24) is 5.32 Å². The van der Waals surface area contributed by atoms with Gasteiger partial charge >= 0.3 is 0 Å². The fourth-order valence-corrected chi connectivity index (χ4v) is 2.33. The minimum absolute atomic E-state index is 0.420. The van der Waals surface area contributed by atoms with E-state index in [0.29, 0.717) is 12.1 Å². The number of rotatable bonds is 6. The van der Waals surface area contributed by atoms with Gasteiger partial charge in [0.05, 0.1) is 13.2 Å². The number of methoxy groups -OCH3 is 1. The van der Waals surface area contributed by atoms with Crippen LogP contribution in [0.4, 0.5) is 0 Å². The minimum Gasteiger partial charge on any atom is -0.497 e. The highest BCUT2D eigenvalue weighted by Crippen LogP contribution is 2.13. The van der Waals surface area contributed by atoms with Crippen LogP contribution < -0.4 is 10.1 Å². The van der Waals surface area contributed by atoms with Gasteiger partial charge in [-0.3, -0.25) is 0 Å². The van der Waals surface area contributed by atoms with Crippen LogP contribution in [-0.2, 0) is 11.2 Å². The topological polar surface area (TPSA) is 30.5 Å². The van der Waals surface area contributed by atoms with Crippen LogP contribution in [0.15, 0.2) is 24.3 Å². The first-order valence-corrected chi connectivity index (χ1v) is 6.76. The number of hydrogen-bond acceptors (Lipinski definition) is 3. The maximum Gasteiger partial charge on any atom is 0.118 e. The summed E-state index contributed by atoms with van der Waals surface area (Å²) in [5.41, 5.74) is 1.34. The molecule has 1 aromatic carbocycles. The summed E-state index contributed by atoms with van der Waals surface area (Å²) >= 11 is 0. The Labute approximate surface area is 109 Å². The van der Waals surface area contributed by atoms with Crippen LogP contribution in [0, 0.1) is 0 Å². The quantitative estimate of drug-likeness (QED) is 0.839. The summed E-state index contributed by atoms with van der Waals surface area (Å²) in [7, 11) is 1.70. The van der Waals surface area contributed by atoms with Gasteiger partial charge < -0.3 is 14.8 Å². The average Bonchev–Trinajstić information content (AvgIpc) is 2.90. The second-order valence-electron chi connectivity index (χ2n) is 5.00. The van der Waals surface area contributed by atoms with Crippen molar-refractivity contribution in [3.05, 3.63) is 29.8 Å². The molecular formula is C15H23NO2. The summed E-state index contributed by atoms with van der Waals surface area (Å²) in [6.07, 6.45) is 3.86. The van der Waals surface area contributed by atoms with Crippen LogP contribution in [0.1, 0.15) is 25.3 Å². The molecule has 0 aromatic heterocycles. The van der Waals surface area contributed by atoms with Crippen molar-refractivity contribution >= 4 is 0 Å². The Morgan fingerprint density at radius 2 is 2.17 bits per heavy atom. The fraction of sp³-hybridized carbons (Fsp3) is 0.600. The Balaban J connectivity index is 1.73. The van der Waals surface area contributed by atoms with Crippen molar-refractivity contribution in [2.75, 3.05) is 20.3 Å². The first kappa shape index (κ1) is 13.4. The summed E-state index contributed by atoms with van der Waals surface area (Å²) in [5.74, 6) is 0.915. The number of ether oxygens (including phenoxy) is 2. The molecule has 1 N–H and O–H groups in total. The predicted octanol–water partition coefficient (Wildman–Crippen LogP) is 2.39. The third-order valence-electron chi connectivity index (χ3n) is 3.42. The molecule has 1 aromatic rings. The van der Waals surface area contributed by atoms with Crippen molar-refractivity contribution in [2.24, 2.45) is 0 Å². The Morgan fingerprint density at radius 3 is 2.78 bits per heavy atom. The van der Waals surface area contributed by atoms with Crippen LogP contribution in [0.3, 0.4) is 0 Å². The highest BCUT2D eigenvalue weighted by atomic mass is 16.5. The van der Waals surface area contributed by atoms with Crippen molar-refractivity contribution in [3.8, 4) is 5.75 Å². The van der Waals surface area contributed by atoms with E-state index in [1.165, 1.54) is 18.4 Å². The summed E-state index contributed by atoms with van der Waals surface area (Å²) in [6.45, 7) is 4.12. The van der Waals surface area contributed by atoms with E-state index >= 15 is 0 Å². The lowest BCUT2D eigenvalue weighted by Gasteiger charge is -2.17. The molecule has 2 rings (SSSR count). The maximum absolute atomic E-state index is 5.60. The summed E-state index contributed by atoms with van der Waals surface area (Å²) < 4.78 is 10.8. The van der Waals surface area contributed by atoms with E-state index in [9.17, 15) is 0 Å². The average molecular weight is 249 g/mol. The van der Waals surface area contributed by atoms with Crippen LogP contribution in [0.2, 0.25) is 0 Å². The monoisotopic (exact) mass is 249 g/mol. The molecular weight excluding hydrogens is 226 g/mol. The van der Waals surface area contributed by atoms with Crippen LogP contribution >= 0.6 is 0 Å². The molecule has 3 heteroatoms. The number of benzene rings is 1. The zero-order valence-corrected chi connectivity index (χ0v) is 11.3. The zero-order chi connectivity index (χ0) is 12.8. The van der Waals surface area contributed by atoms with E-state index in [1.54, 1.807) is 7.11 Å². The van der Waals surface area contributed by atoms with Crippen molar-refractivity contribution in [3.63, 3.8) is 0 Å². The van der Waals surface area contributed by atoms with Crippen LogP contribution in [-0.4, -0.2) is 32.4 Å². The molecule has 1 aliphatic heterocycles. The lowest BCUT2D eigenvalue weighted by Crippen LogP contribution is -2.34. The number of nitrogens with one attached hydrogen (secondary N) is 1. The molecule has 1 fully saturated rings. The largest absolute Gasteiger partial charge is 0.497 e. The van der Waals surface area contributed by atoms with Gasteiger partial charge in [-0.25, -0.2) is 0 Å². The molecule has 0 saturated carbocycles. The van der Waals surface area contributed by atoms with Gasteiger partial charge in [-0.05, 0) is 43.9 Å². The Morgan fingerprint density at radius 1 is 1.39 bits per heavy atom. The molecule has 3 nitrogen and oxygen atoms in total. The van der Waals surface area contributed by atoms with E-state index in [4.69, 9.17) is 9.47 Å². The molecule has 2 atom stereocenters. The van der Waals surface area contributed by atoms with Crippen molar-refractivity contribution in [1.29, 1.82) is 0 Å². The third kappa shape index (κ3) is 4.00. The Hall–Kier alpha value is -1.06. The van der Waals surface area contributed by atoms with Crippen LogP contribution in [0.5, 0.6) is 5.75 Å². The molecule has 0 radical (unpaired) electrons. The molecule has 0 bridgehead atoms. The van der Waals surface area contributed by atoms with E-state index in [2.05, 4.69) is 24.4 Å². The van der Waals surface area contributed by atoms with Gasteiger partial charge in [0, 0.05) is 19.2 Å². The molecule has 100 valence electrons. The van der Waals surface area contributed by atoms with Crippen molar-refractivity contribution < 1.29 is 9.47 Å².